The molecule has 0 N–H and O–H groups in total. The molecule has 8 nitrogen and oxygen atoms in total. The first kappa shape index (κ1) is 19.3. The third kappa shape index (κ3) is 3.40. The van der Waals surface area contributed by atoms with E-state index in [4.69, 9.17) is 23.7 Å². The molecule has 25 heavy (non-hydrogen) atoms. The Hall–Kier alpha value is -0.500. The minimum absolute atomic E-state index is 0.0525. The average molecular weight is 392 g/mol. The van der Waals surface area contributed by atoms with E-state index in [9.17, 15) is 21.6 Å². The average Bonchev–Trinajstić information content (AvgIpc) is 2.98. The van der Waals surface area contributed by atoms with E-state index in [1.54, 1.807) is 27.7 Å². The van der Waals surface area contributed by atoms with Gasteiger partial charge >= 0.3 is 15.6 Å². The Balaban J connectivity index is 1.80. The smallest absolute Gasteiger partial charge is 0.345 e. The molecule has 0 bridgehead atoms. The molecule has 1 spiro atoms. The summed E-state index contributed by atoms with van der Waals surface area (Å²) < 4.78 is 92.0. The second kappa shape index (κ2) is 5.50. The third-order valence-corrected chi connectivity index (χ3v) is 5.00. The van der Waals surface area contributed by atoms with Gasteiger partial charge in [-0.2, -0.15) is 21.6 Å². The first-order valence-electron chi connectivity index (χ1n) is 7.50. The quantitative estimate of drug-likeness (QED) is 0.524. The van der Waals surface area contributed by atoms with Crippen LogP contribution in [-0.2, 0) is 38.0 Å². The maximum absolute atomic E-state index is 12.4. The van der Waals surface area contributed by atoms with Gasteiger partial charge in [-0.1, -0.05) is 0 Å². The van der Waals surface area contributed by atoms with Gasteiger partial charge < -0.3 is 23.7 Å². The van der Waals surface area contributed by atoms with E-state index in [2.05, 4.69) is 4.18 Å². The van der Waals surface area contributed by atoms with Gasteiger partial charge in [0.25, 0.3) is 0 Å². The summed E-state index contributed by atoms with van der Waals surface area (Å²) in [5.74, 6) is -3.48. The van der Waals surface area contributed by atoms with Crippen molar-refractivity contribution < 1.29 is 49.5 Å². The summed E-state index contributed by atoms with van der Waals surface area (Å²) in [7, 11) is -5.75. The van der Waals surface area contributed by atoms with Crippen molar-refractivity contribution >= 4 is 10.1 Å². The molecule has 3 heterocycles. The van der Waals surface area contributed by atoms with Gasteiger partial charge in [0.05, 0.1) is 6.61 Å². The summed E-state index contributed by atoms with van der Waals surface area (Å²) >= 11 is 0. The second-order valence-electron chi connectivity index (χ2n) is 6.96. The second-order valence-corrected chi connectivity index (χ2v) is 8.57. The fraction of sp³-hybridized carbons (Fsp3) is 1.00. The summed E-state index contributed by atoms with van der Waals surface area (Å²) in [5.41, 5.74) is -5.52. The molecule has 0 unspecified atom stereocenters. The van der Waals surface area contributed by atoms with Gasteiger partial charge in [-0.3, -0.25) is 4.18 Å². The molecule has 0 aromatic heterocycles. The Bertz CT molecular complexity index is 646. The van der Waals surface area contributed by atoms with Crippen molar-refractivity contribution in [2.45, 2.75) is 68.9 Å². The molecule has 146 valence electrons. The van der Waals surface area contributed by atoms with Crippen molar-refractivity contribution in [3.8, 4) is 0 Å². The van der Waals surface area contributed by atoms with E-state index in [-0.39, 0.29) is 6.61 Å². The number of alkyl halides is 3. The largest absolute Gasteiger partial charge is 0.523 e. The first-order chi connectivity index (χ1) is 11.2. The fourth-order valence-corrected chi connectivity index (χ4v) is 3.54. The van der Waals surface area contributed by atoms with E-state index in [0.29, 0.717) is 0 Å². The lowest BCUT2D eigenvalue weighted by atomic mass is 10.1. The van der Waals surface area contributed by atoms with E-state index in [1.165, 1.54) is 0 Å². The molecule has 3 rings (SSSR count). The molecule has 4 atom stereocenters. The van der Waals surface area contributed by atoms with Crippen molar-refractivity contribution in [1.82, 2.24) is 0 Å². The molecule has 0 radical (unpaired) electrons. The minimum atomic E-state index is -5.75. The number of fused-ring (bicyclic) bond motifs is 2. The van der Waals surface area contributed by atoms with E-state index < -0.39 is 57.9 Å². The summed E-state index contributed by atoms with van der Waals surface area (Å²) in [5, 5.41) is 0. The first-order valence-corrected chi connectivity index (χ1v) is 8.91. The van der Waals surface area contributed by atoms with Crippen LogP contribution in [0.2, 0.25) is 0 Å². The highest BCUT2D eigenvalue weighted by Crippen LogP contribution is 2.49. The Morgan fingerprint density at radius 3 is 2.24 bits per heavy atom. The van der Waals surface area contributed by atoms with Crippen molar-refractivity contribution in [1.29, 1.82) is 0 Å². The van der Waals surface area contributed by atoms with Crippen molar-refractivity contribution in [3.63, 3.8) is 0 Å². The van der Waals surface area contributed by atoms with Crippen LogP contribution in [0.1, 0.15) is 27.7 Å². The van der Waals surface area contributed by atoms with Crippen LogP contribution in [0, 0.1) is 0 Å². The zero-order valence-electron chi connectivity index (χ0n) is 14.0. The molecular formula is C13H19F3O8S. The van der Waals surface area contributed by atoms with Crippen molar-refractivity contribution in [2.24, 2.45) is 0 Å². The SMILES string of the molecule is CC1(C)O[C@H]2[C@@H](COS(=O)(=O)C(F)(F)F)O[C@@]3(COC(C)(C)O3)[C@H]2O1. The molecule has 0 aliphatic carbocycles. The van der Waals surface area contributed by atoms with Crippen LogP contribution in [0.5, 0.6) is 0 Å². The van der Waals surface area contributed by atoms with Gasteiger partial charge in [-0.05, 0) is 27.7 Å². The minimum Gasteiger partial charge on any atom is -0.345 e. The van der Waals surface area contributed by atoms with Crippen LogP contribution in [0.3, 0.4) is 0 Å². The Morgan fingerprint density at radius 2 is 1.72 bits per heavy atom. The molecular weight excluding hydrogens is 373 g/mol. The number of ether oxygens (including phenoxy) is 5. The van der Waals surface area contributed by atoms with Crippen LogP contribution in [0.25, 0.3) is 0 Å². The van der Waals surface area contributed by atoms with Gasteiger partial charge in [0.1, 0.15) is 24.9 Å². The molecule has 0 aromatic rings. The van der Waals surface area contributed by atoms with Crippen LogP contribution in [0.4, 0.5) is 13.2 Å². The zero-order chi connectivity index (χ0) is 18.9. The van der Waals surface area contributed by atoms with Gasteiger partial charge in [0, 0.05) is 0 Å². The normalized spacial score (nSPS) is 39.9. The fourth-order valence-electron chi connectivity index (χ4n) is 3.09. The summed E-state index contributed by atoms with van der Waals surface area (Å²) in [6.07, 6.45) is -2.84. The number of rotatable bonds is 3. The number of hydrogen-bond donors (Lipinski definition) is 0. The van der Waals surface area contributed by atoms with Crippen molar-refractivity contribution in [3.05, 3.63) is 0 Å². The number of halogens is 3. The molecule has 0 saturated carbocycles. The van der Waals surface area contributed by atoms with Crippen molar-refractivity contribution in [2.75, 3.05) is 13.2 Å². The highest BCUT2D eigenvalue weighted by atomic mass is 32.2. The maximum atomic E-state index is 12.4. The van der Waals surface area contributed by atoms with E-state index in [0.717, 1.165) is 0 Å². The Labute approximate surface area is 142 Å². The predicted molar refractivity (Wildman–Crippen MR) is 73.5 cm³/mol. The molecule has 3 aliphatic heterocycles. The Morgan fingerprint density at radius 1 is 1.08 bits per heavy atom. The van der Waals surface area contributed by atoms with Crippen LogP contribution < -0.4 is 0 Å². The summed E-state index contributed by atoms with van der Waals surface area (Å²) in [6, 6.07) is 0. The van der Waals surface area contributed by atoms with Gasteiger partial charge in [-0.15, -0.1) is 0 Å². The topological polar surface area (TPSA) is 89.5 Å². The highest BCUT2D eigenvalue weighted by Gasteiger charge is 2.68. The maximum Gasteiger partial charge on any atom is 0.523 e. The van der Waals surface area contributed by atoms with Gasteiger partial charge in [0.15, 0.2) is 11.6 Å². The molecule has 12 heteroatoms. The predicted octanol–water partition coefficient (Wildman–Crippen LogP) is 1.25. The monoisotopic (exact) mass is 392 g/mol. The van der Waals surface area contributed by atoms with E-state index in [1.807, 2.05) is 0 Å². The lowest BCUT2D eigenvalue weighted by Crippen LogP contribution is -2.46. The number of hydrogen-bond acceptors (Lipinski definition) is 8. The molecule has 3 saturated heterocycles. The van der Waals surface area contributed by atoms with E-state index >= 15 is 0 Å². The lowest BCUT2D eigenvalue weighted by molar-refractivity contribution is -0.297. The van der Waals surface area contributed by atoms with Gasteiger partial charge in [0.2, 0.25) is 5.79 Å². The van der Waals surface area contributed by atoms with Crippen LogP contribution >= 0.6 is 0 Å². The van der Waals surface area contributed by atoms with Crippen LogP contribution in [0.15, 0.2) is 0 Å². The molecule has 3 fully saturated rings. The zero-order valence-corrected chi connectivity index (χ0v) is 14.8. The third-order valence-electron chi connectivity index (χ3n) is 3.99. The van der Waals surface area contributed by atoms with Gasteiger partial charge in [-0.25, -0.2) is 0 Å². The Kier molecular flexibility index (Phi) is 4.24. The standard InChI is InChI=1S/C13H19F3O8S/c1-10(2)19-6-12(24-10)9-8(22-11(3,4)23-9)7(21-12)5-20-25(17,18)13(14,15)16/h7-9H,5-6H2,1-4H3/t7-,8+,9+,12-/m1/s1. The lowest BCUT2D eigenvalue weighted by Gasteiger charge is -2.30. The molecule has 0 aromatic carbocycles. The summed E-state index contributed by atoms with van der Waals surface area (Å²) in [6.45, 7) is 5.56. The summed E-state index contributed by atoms with van der Waals surface area (Å²) in [4.78, 5) is 0. The molecule has 3 aliphatic rings. The van der Waals surface area contributed by atoms with Crippen LogP contribution in [-0.4, -0.2) is 62.8 Å². The highest BCUT2D eigenvalue weighted by molar-refractivity contribution is 7.87. The molecule has 0 amide bonds.